The van der Waals surface area contributed by atoms with Crippen LogP contribution in [0.4, 0.5) is 5.69 Å². The van der Waals surface area contributed by atoms with E-state index >= 15 is 0 Å². The Balaban J connectivity index is 2.16. The first kappa shape index (κ1) is 12.1. The Labute approximate surface area is 103 Å². The summed E-state index contributed by atoms with van der Waals surface area (Å²) in [7, 11) is 2.11. The molecule has 0 spiro atoms. The van der Waals surface area contributed by atoms with Gasteiger partial charge in [-0.1, -0.05) is 12.1 Å². The molecule has 2 N–H and O–H groups in total. The summed E-state index contributed by atoms with van der Waals surface area (Å²) in [5.41, 5.74) is 9.57. The van der Waals surface area contributed by atoms with Gasteiger partial charge in [0.2, 0.25) is 0 Å². The number of Topliss-reactive ketones (excluding diaryl/α,β-unsaturated/α-hetero) is 1. The first-order valence-corrected chi connectivity index (χ1v) is 6.15. The van der Waals surface area contributed by atoms with Gasteiger partial charge in [-0.2, -0.15) is 0 Å². The Hall–Kier alpha value is -1.35. The summed E-state index contributed by atoms with van der Waals surface area (Å²) in [6.07, 6.45) is 1.87. The Bertz CT molecular complexity index is 428. The second kappa shape index (κ2) is 4.88. The maximum atomic E-state index is 11.4. The van der Waals surface area contributed by atoms with Crippen LogP contribution in [0, 0.1) is 5.92 Å². The molecule has 92 valence electrons. The molecule has 1 aliphatic rings. The molecule has 0 amide bonds. The maximum absolute atomic E-state index is 11.4. The number of rotatable bonds is 4. The average molecular weight is 232 g/mol. The number of hydrogen-bond donors (Lipinski definition) is 1. The van der Waals surface area contributed by atoms with Crippen LogP contribution in [0.2, 0.25) is 0 Å². The topological polar surface area (TPSA) is 46.3 Å². The summed E-state index contributed by atoms with van der Waals surface area (Å²) in [5, 5.41) is 0. The number of benzene rings is 1. The minimum Gasteiger partial charge on any atom is -0.374 e. The fraction of sp³-hybridized carbons (Fsp3) is 0.500. The number of carbonyl (C=O) groups is 1. The molecule has 1 aromatic carbocycles. The molecule has 1 aromatic rings. The highest BCUT2D eigenvalue weighted by molar-refractivity contribution is 5.78. The largest absolute Gasteiger partial charge is 0.374 e. The van der Waals surface area contributed by atoms with E-state index in [1.807, 2.05) is 0 Å². The van der Waals surface area contributed by atoms with E-state index in [0.717, 1.165) is 19.4 Å². The summed E-state index contributed by atoms with van der Waals surface area (Å²) in [6.45, 7) is 3.15. The van der Waals surface area contributed by atoms with Gasteiger partial charge in [0.1, 0.15) is 5.78 Å². The number of nitrogens with zero attached hydrogens (tertiary/aromatic N) is 1. The predicted octanol–water partition coefficient (Wildman–Crippen LogP) is 1.39. The fourth-order valence-electron chi connectivity index (χ4n) is 2.42. The van der Waals surface area contributed by atoms with Crippen molar-refractivity contribution in [2.75, 3.05) is 25.0 Å². The molecule has 0 radical (unpaired) electrons. The van der Waals surface area contributed by atoms with E-state index in [4.69, 9.17) is 5.73 Å². The van der Waals surface area contributed by atoms with E-state index in [-0.39, 0.29) is 11.7 Å². The summed E-state index contributed by atoms with van der Waals surface area (Å²) < 4.78 is 0. The van der Waals surface area contributed by atoms with E-state index < -0.39 is 0 Å². The van der Waals surface area contributed by atoms with Gasteiger partial charge in [-0.15, -0.1) is 0 Å². The zero-order valence-electron chi connectivity index (χ0n) is 10.6. The van der Waals surface area contributed by atoms with Crippen molar-refractivity contribution in [2.24, 2.45) is 11.7 Å². The standard InChI is InChI=1S/C14H20N2O/c1-10(17)13(9-15)8-11-3-4-14-12(7-11)5-6-16(14)2/h3-4,7,13H,5-6,8-9,15H2,1-2H3. The number of ketones is 1. The van der Waals surface area contributed by atoms with Gasteiger partial charge in [0.25, 0.3) is 0 Å². The molecule has 1 unspecified atom stereocenters. The number of carbonyl (C=O) groups excluding carboxylic acids is 1. The fourth-order valence-corrected chi connectivity index (χ4v) is 2.42. The van der Waals surface area contributed by atoms with Gasteiger partial charge >= 0.3 is 0 Å². The van der Waals surface area contributed by atoms with Crippen molar-refractivity contribution in [2.45, 2.75) is 19.8 Å². The van der Waals surface area contributed by atoms with Gasteiger partial charge in [0, 0.05) is 31.7 Å². The minimum absolute atomic E-state index is 0.0350. The van der Waals surface area contributed by atoms with Gasteiger partial charge in [-0.05, 0) is 37.0 Å². The molecule has 2 rings (SSSR count). The maximum Gasteiger partial charge on any atom is 0.134 e. The smallest absolute Gasteiger partial charge is 0.134 e. The zero-order chi connectivity index (χ0) is 12.4. The highest BCUT2D eigenvalue weighted by Gasteiger charge is 2.18. The second-order valence-corrected chi connectivity index (χ2v) is 4.88. The Morgan fingerprint density at radius 1 is 1.53 bits per heavy atom. The van der Waals surface area contributed by atoms with E-state index in [1.54, 1.807) is 6.92 Å². The molecule has 3 nitrogen and oxygen atoms in total. The lowest BCUT2D eigenvalue weighted by molar-refractivity contribution is -0.120. The number of anilines is 1. The Morgan fingerprint density at radius 3 is 2.94 bits per heavy atom. The van der Waals surface area contributed by atoms with Gasteiger partial charge in [-0.3, -0.25) is 4.79 Å². The highest BCUT2D eigenvalue weighted by Crippen LogP contribution is 2.28. The molecule has 0 aliphatic carbocycles. The van der Waals surface area contributed by atoms with Crippen LogP contribution in [0.5, 0.6) is 0 Å². The molecule has 0 saturated heterocycles. The zero-order valence-corrected chi connectivity index (χ0v) is 10.6. The summed E-state index contributed by atoms with van der Waals surface area (Å²) in [4.78, 5) is 13.6. The number of hydrogen-bond acceptors (Lipinski definition) is 3. The lowest BCUT2D eigenvalue weighted by Gasteiger charge is -2.14. The third-order valence-electron chi connectivity index (χ3n) is 3.61. The molecular weight excluding hydrogens is 212 g/mol. The van der Waals surface area contributed by atoms with E-state index in [9.17, 15) is 4.79 Å². The molecule has 0 fully saturated rings. The first-order valence-electron chi connectivity index (χ1n) is 6.15. The molecule has 1 aliphatic heterocycles. The third-order valence-corrected chi connectivity index (χ3v) is 3.61. The van der Waals surface area contributed by atoms with Crippen LogP contribution in [-0.4, -0.2) is 25.9 Å². The van der Waals surface area contributed by atoms with Crippen LogP contribution in [0.1, 0.15) is 18.1 Å². The third kappa shape index (κ3) is 2.50. The van der Waals surface area contributed by atoms with E-state index in [1.165, 1.54) is 16.8 Å². The molecule has 1 heterocycles. The van der Waals surface area contributed by atoms with Gasteiger partial charge in [0.05, 0.1) is 0 Å². The number of likely N-dealkylation sites (N-methyl/N-ethyl adjacent to an activating group) is 1. The van der Waals surface area contributed by atoms with Crippen molar-refractivity contribution < 1.29 is 4.79 Å². The van der Waals surface area contributed by atoms with Crippen LogP contribution in [-0.2, 0) is 17.6 Å². The first-order chi connectivity index (χ1) is 8.11. The normalized spacial score (nSPS) is 15.8. The van der Waals surface area contributed by atoms with E-state index in [2.05, 4.69) is 30.1 Å². The molecule has 1 atom stereocenters. The van der Waals surface area contributed by atoms with Crippen LogP contribution in [0.3, 0.4) is 0 Å². The summed E-state index contributed by atoms with van der Waals surface area (Å²) in [5.74, 6) is 0.150. The van der Waals surface area contributed by atoms with Gasteiger partial charge in [-0.25, -0.2) is 0 Å². The summed E-state index contributed by atoms with van der Waals surface area (Å²) in [6, 6.07) is 6.50. The highest BCUT2D eigenvalue weighted by atomic mass is 16.1. The quantitative estimate of drug-likeness (QED) is 0.853. The number of nitrogens with two attached hydrogens (primary N) is 1. The SMILES string of the molecule is CC(=O)C(CN)Cc1ccc2c(c1)CCN2C. The monoisotopic (exact) mass is 232 g/mol. The Kier molecular flexibility index (Phi) is 3.48. The molecule has 0 bridgehead atoms. The van der Waals surface area contributed by atoms with Crippen molar-refractivity contribution in [1.82, 2.24) is 0 Å². The van der Waals surface area contributed by atoms with E-state index in [0.29, 0.717) is 6.54 Å². The van der Waals surface area contributed by atoms with Crippen molar-refractivity contribution in [1.29, 1.82) is 0 Å². The molecule has 0 saturated carbocycles. The minimum atomic E-state index is -0.0350. The van der Waals surface area contributed by atoms with Crippen LogP contribution in [0.25, 0.3) is 0 Å². The lowest BCUT2D eigenvalue weighted by Crippen LogP contribution is -2.23. The number of fused-ring (bicyclic) bond motifs is 1. The van der Waals surface area contributed by atoms with Crippen molar-refractivity contribution in [3.8, 4) is 0 Å². The molecular formula is C14H20N2O. The molecule has 17 heavy (non-hydrogen) atoms. The average Bonchev–Trinajstić information content (AvgIpc) is 2.67. The lowest BCUT2D eigenvalue weighted by atomic mass is 9.94. The van der Waals surface area contributed by atoms with Crippen molar-refractivity contribution in [3.63, 3.8) is 0 Å². The van der Waals surface area contributed by atoms with Gasteiger partial charge < -0.3 is 10.6 Å². The summed E-state index contributed by atoms with van der Waals surface area (Å²) >= 11 is 0. The van der Waals surface area contributed by atoms with Crippen molar-refractivity contribution in [3.05, 3.63) is 29.3 Å². The van der Waals surface area contributed by atoms with Crippen LogP contribution in [0.15, 0.2) is 18.2 Å². The van der Waals surface area contributed by atoms with Crippen LogP contribution < -0.4 is 10.6 Å². The van der Waals surface area contributed by atoms with Crippen LogP contribution >= 0.6 is 0 Å². The molecule has 3 heteroatoms. The second-order valence-electron chi connectivity index (χ2n) is 4.88. The van der Waals surface area contributed by atoms with Gasteiger partial charge in [0.15, 0.2) is 0 Å². The predicted molar refractivity (Wildman–Crippen MR) is 70.3 cm³/mol. The Morgan fingerprint density at radius 2 is 2.29 bits per heavy atom. The van der Waals surface area contributed by atoms with Crippen molar-refractivity contribution >= 4 is 11.5 Å². The molecule has 0 aromatic heterocycles.